The molecule has 0 bridgehead atoms. The molecule has 0 saturated carbocycles. The van der Waals surface area contributed by atoms with E-state index in [2.05, 4.69) is 15.3 Å². The summed E-state index contributed by atoms with van der Waals surface area (Å²) in [4.78, 5) is 32.5. The van der Waals surface area contributed by atoms with Gasteiger partial charge in [-0.2, -0.15) is 0 Å². The number of carbonyl (C=O) groups excluding carboxylic acids is 2. The number of hydrogen-bond donors (Lipinski definition) is 3. The summed E-state index contributed by atoms with van der Waals surface area (Å²) in [5.41, 5.74) is 7.61. The van der Waals surface area contributed by atoms with Gasteiger partial charge in [-0.05, 0) is 71.6 Å². The molecule has 3 aromatic carbocycles. The average Bonchev–Trinajstić information content (AvgIpc) is 3.29. The molecule has 6 nitrogen and oxygen atoms in total. The lowest BCUT2D eigenvalue weighted by molar-refractivity contribution is -0.121. The molecule has 10 heteroatoms. The molecule has 0 radical (unpaired) electrons. The maximum atomic E-state index is 14.2. The summed E-state index contributed by atoms with van der Waals surface area (Å²) in [7, 11) is 0. The van der Waals surface area contributed by atoms with Gasteiger partial charge in [0.1, 0.15) is 23.3 Å². The van der Waals surface area contributed by atoms with Crippen molar-refractivity contribution in [2.45, 2.75) is 18.9 Å². The van der Waals surface area contributed by atoms with Crippen LogP contribution in [0.5, 0.6) is 0 Å². The van der Waals surface area contributed by atoms with Crippen molar-refractivity contribution in [3.63, 3.8) is 0 Å². The van der Waals surface area contributed by atoms with E-state index in [-0.39, 0.29) is 24.0 Å². The van der Waals surface area contributed by atoms with Gasteiger partial charge in [-0.3, -0.25) is 14.6 Å². The van der Waals surface area contributed by atoms with Crippen LogP contribution in [0.25, 0.3) is 22.0 Å². The summed E-state index contributed by atoms with van der Waals surface area (Å²) in [5.74, 6) is -4.23. The first-order chi connectivity index (χ1) is 19.2. The Kier molecular flexibility index (Phi) is 7.33. The number of primary amides is 1. The molecule has 0 aliphatic rings. The summed E-state index contributed by atoms with van der Waals surface area (Å²) in [6, 6.07) is 13.4. The van der Waals surface area contributed by atoms with Crippen molar-refractivity contribution in [1.82, 2.24) is 15.3 Å². The molecule has 0 aliphatic heterocycles. The Balaban J connectivity index is 1.53. The van der Waals surface area contributed by atoms with E-state index < -0.39 is 41.1 Å². The van der Waals surface area contributed by atoms with E-state index in [0.29, 0.717) is 33.3 Å². The molecule has 2 amide bonds. The van der Waals surface area contributed by atoms with Gasteiger partial charge in [-0.15, -0.1) is 0 Å². The van der Waals surface area contributed by atoms with Gasteiger partial charge in [0.05, 0.1) is 23.7 Å². The number of aromatic amines is 1. The highest BCUT2D eigenvalue weighted by atomic mass is 19.1. The molecule has 2 aromatic heterocycles. The molecule has 4 N–H and O–H groups in total. The van der Waals surface area contributed by atoms with Gasteiger partial charge in [0.15, 0.2) is 0 Å². The van der Waals surface area contributed by atoms with Crippen molar-refractivity contribution >= 4 is 22.7 Å². The van der Waals surface area contributed by atoms with Crippen molar-refractivity contribution in [3.8, 4) is 11.1 Å². The third kappa shape index (κ3) is 5.70. The van der Waals surface area contributed by atoms with Crippen LogP contribution < -0.4 is 11.1 Å². The minimum atomic E-state index is -0.958. The Morgan fingerprint density at radius 1 is 0.925 bits per heavy atom. The zero-order chi connectivity index (χ0) is 28.4. The van der Waals surface area contributed by atoms with E-state index in [9.17, 15) is 27.2 Å². The monoisotopic (exact) mass is 546 g/mol. The molecule has 0 saturated heterocycles. The number of rotatable bonds is 8. The number of aromatic nitrogens is 2. The average molecular weight is 547 g/mol. The van der Waals surface area contributed by atoms with Crippen LogP contribution in [0.1, 0.15) is 33.2 Å². The highest BCUT2D eigenvalue weighted by Gasteiger charge is 2.23. The first kappa shape index (κ1) is 26.6. The van der Waals surface area contributed by atoms with Crippen LogP contribution in [0.2, 0.25) is 0 Å². The quantitative estimate of drug-likeness (QED) is 0.223. The molecule has 40 heavy (non-hydrogen) atoms. The van der Waals surface area contributed by atoms with Crippen LogP contribution in [0.3, 0.4) is 0 Å². The van der Waals surface area contributed by atoms with Crippen LogP contribution in [0.4, 0.5) is 17.6 Å². The van der Waals surface area contributed by atoms with Crippen molar-refractivity contribution in [3.05, 3.63) is 125 Å². The van der Waals surface area contributed by atoms with E-state index in [4.69, 9.17) is 5.73 Å². The Labute approximate surface area is 225 Å². The van der Waals surface area contributed by atoms with E-state index in [0.717, 1.165) is 24.3 Å². The summed E-state index contributed by atoms with van der Waals surface area (Å²) < 4.78 is 56.1. The first-order valence-electron chi connectivity index (χ1n) is 12.2. The van der Waals surface area contributed by atoms with Gasteiger partial charge in [0, 0.05) is 34.9 Å². The van der Waals surface area contributed by atoms with Gasteiger partial charge in [-0.25, -0.2) is 17.6 Å². The van der Waals surface area contributed by atoms with E-state index in [1.54, 1.807) is 24.4 Å². The van der Waals surface area contributed by atoms with Crippen molar-refractivity contribution in [2.75, 3.05) is 0 Å². The Bertz CT molecular complexity index is 1730. The number of pyridine rings is 1. The number of benzene rings is 3. The molecule has 202 valence electrons. The van der Waals surface area contributed by atoms with E-state index >= 15 is 0 Å². The van der Waals surface area contributed by atoms with Crippen molar-refractivity contribution in [1.29, 1.82) is 0 Å². The molecule has 5 rings (SSSR count). The van der Waals surface area contributed by atoms with Crippen LogP contribution in [-0.4, -0.2) is 21.8 Å². The topological polar surface area (TPSA) is 101 Å². The highest BCUT2D eigenvalue weighted by Crippen LogP contribution is 2.30. The third-order valence-corrected chi connectivity index (χ3v) is 6.49. The maximum Gasteiger partial charge on any atom is 0.251 e. The van der Waals surface area contributed by atoms with Crippen LogP contribution >= 0.6 is 0 Å². The number of carbonyl (C=O) groups is 2. The molecule has 5 aromatic rings. The normalized spacial score (nSPS) is 11.9. The molecule has 1 atom stereocenters. The minimum absolute atomic E-state index is 0.0448. The number of nitrogens with zero attached hydrogens (tertiary/aromatic N) is 1. The number of halogens is 4. The Morgan fingerprint density at radius 3 is 2.45 bits per heavy atom. The van der Waals surface area contributed by atoms with E-state index in [1.807, 2.05) is 0 Å². The summed E-state index contributed by atoms with van der Waals surface area (Å²) >= 11 is 0. The molecule has 0 fully saturated rings. The van der Waals surface area contributed by atoms with Gasteiger partial charge in [0.2, 0.25) is 5.91 Å². The number of hydrogen-bond acceptors (Lipinski definition) is 3. The number of amides is 2. The molecule has 0 spiro atoms. The third-order valence-electron chi connectivity index (χ3n) is 6.49. The summed E-state index contributed by atoms with van der Waals surface area (Å²) in [5, 5.41) is 3.42. The standard InChI is InChI=1S/C30H22F4N4O2/c31-19-4-6-26-23(14-19)18(15-37-26)12-28(39)38-27(10-16-8-20(32)13-21(33)9-16)29-22(2-1-7-36-29)17-3-5-25(34)24(11-17)30(35)40/h1-9,11,13-15,27,37H,10,12H2,(H2,35,40)(H,38,39)/t27-/m0/s1. The zero-order valence-electron chi connectivity index (χ0n) is 20.9. The lowest BCUT2D eigenvalue weighted by Crippen LogP contribution is -2.32. The molecule has 0 unspecified atom stereocenters. The number of H-pyrrole nitrogens is 1. The zero-order valence-corrected chi connectivity index (χ0v) is 20.9. The molecule has 2 heterocycles. The Morgan fingerprint density at radius 2 is 1.70 bits per heavy atom. The summed E-state index contributed by atoms with van der Waals surface area (Å²) in [6.07, 6.45) is 2.92. The molecular formula is C30H22F4N4O2. The highest BCUT2D eigenvalue weighted by molar-refractivity contribution is 5.94. The largest absolute Gasteiger partial charge is 0.366 e. The van der Waals surface area contributed by atoms with Crippen molar-refractivity contribution in [2.24, 2.45) is 5.73 Å². The van der Waals surface area contributed by atoms with Gasteiger partial charge < -0.3 is 16.0 Å². The van der Waals surface area contributed by atoms with Gasteiger partial charge >= 0.3 is 0 Å². The van der Waals surface area contributed by atoms with Gasteiger partial charge in [0.25, 0.3) is 5.91 Å². The molecular weight excluding hydrogens is 524 g/mol. The van der Waals surface area contributed by atoms with Crippen LogP contribution in [0, 0.1) is 23.3 Å². The number of nitrogens with one attached hydrogen (secondary N) is 2. The summed E-state index contributed by atoms with van der Waals surface area (Å²) in [6.45, 7) is 0. The van der Waals surface area contributed by atoms with Crippen molar-refractivity contribution < 1.29 is 27.2 Å². The van der Waals surface area contributed by atoms with E-state index in [1.165, 1.54) is 30.5 Å². The lowest BCUT2D eigenvalue weighted by Gasteiger charge is -2.22. The smallest absolute Gasteiger partial charge is 0.251 e. The predicted molar refractivity (Wildman–Crippen MR) is 141 cm³/mol. The van der Waals surface area contributed by atoms with Crippen LogP contribution in [0.15, 0.2) is 79.1 Å². The van der Waals surface area contributed by atoms with Crippen LogP contribution in [-0.2, 0) is 17.6 Å². The lowest BCUT2D eigenvalue weighted by atomic mass is 9.94. The SMILES string of the molecule is NC(=O)c1cc(-c2cccnc2[C@H](Cc2cc(F)cc(F)c2)NC(=O)Cc2c[nH]c3ccc(F)cc23)ccc1F. The van der Waals surface area contributed by atoms with Gasteiger partial charge in [-0.1, -0.05) is 12.1 Å². The fourth-order valence-electron chi connectivity index (χ4n) is 4.72. The predicted octanol–water partition coefficient (Wildman–Crippen LogP) is 5.53. The number of fused-ring (bicyclic) bond motifs is 1. The second kappa shape index (κ2) is 11.0. The Hall–Kier alpha value is -4.99. The first-order valence-corrected chi connectivity index (χ1v) is 12.2. The number of nitrogens with two attached hydrogens (primary N) is 1. The maximum absolute atomic E-state index is 14.2. The second-order valence-electron chi connectivity index (χ2n) is 9.28. The second-order valence-corrected chi connectivity index (χ2v) is 9.28. The minimum Gasteiger partial charge on any atom is -0.366 e. The fraction of sp³-hybridized carbons (Fsp3) is 0.100. The fourth-order valence-corrected chi connectivity index (χ4v) is 4.72. The molecule has 0 aliphatic carbocycles.